The normalized spacial score (nSPS) is 16.5. The number of hydrogen-bond acceptors (Lipinski definition) is 5. The molecule has 6 heteroatoms. The second-order valence-corrected chi connectivity index (χ2v) is 7.03. The lowest BCUT2D eigenvalue weighted by Gasteiger charge is -2.23. The third-order valence-electron chi connectivity index (χ3n) is 3.18. The highest BCUT2D eigenvalue weighted by molar-refractivity contribution is 9.11. The van der Waals surface area contributed by atoms with Gasteiger partial charge in [-0.15, -0.1) is 11.3 Å². The molecule has 2 N–H and O–H groups in total. The highest BCUT2D eigenvalue weighted by Gasteiger charge is 2.13. The van der Waals surface area contributed by atoms with Gasteiger partial charge in [-0.2, -0.15) is 0 Å². The largest absolute Gasteiger partial charge is 0.351 e. The number of halogens is 1. The average molecular weight is 339 g/mol. The molecule has 2 aromatic heterocycles. The van der Waals surface area contributed by atoms with Crippen molar-refractivity contribution in [1.82, 2.24) is 15.3 Å². The number of aromatic nitrogens is 2. The van der Waals surface area contributed by atoms with Gasteiger partial charge < -0.3 is 10.6 Å². The quantitative estimate of drug-likeness (QED) is 0.902. The molecule has 0 aliphatic carbocycles. The number of hydrogen-bond donors (Lipinski definition) is 2. The van der Waals surface area contributed by atoms with Gasteiger partial charge in [-0.25, -0.2) is 9.97 Å². The zero-order chi connectivity index (χ0) is 13.1. The van der Waals surface area contributed by atoms with E-state index in [1.165, 1.54) is 4.88 Å². The molecular weight excluding hydrogens is 324 g/mol. The molecule has 1 aliphatic heterocycles. The summed E-state index contributed by atoms with van der Waals surface area (Å²) in [6, 6.07) is 4.61. The van der Waals surface area contributed by atoms with Gasteiger partial charge in [-0.1, -0.05) is 0 Å². The SMILES string of the molecule is Brc1ccc(-c2cnc(NC3CCNCC3)nc2)s1. The fourth-order valence-corrected chi connectivity index (χ4v) is 3.51. The molecule has 1 fully saturated rings. The molecule has 1 saturated heterocycles. The third kappa shape index (κ3) is 3.32. The lowest BCUT2D eigenvalue weighted by Crippen LogP contribution is -2.35. The standard InChI is InChI=1S/C13H15BrN4S/c14-12-2-1-11(19-12)9-7-16-13(17-8-9)18-10-3-5-15-6-4-10/h1-2,7-8,10,15H,3-6H2,(H,16,17,18). The Hall–Kier alpha value is -0.980. The lowest BCUT2D eigenvalue weighted by molar-refractivity contribution is 0.477. The summed E-state index contributed by atoms with van der Waals surface area (Å²) >= 11 is 5.16. The first-order chi connectivity index (χ1) is 9.31. The van der Waals surface area contributed by atoms with Crippen LogP contribution in [0.1, 0.15) is 12.8 Å². The number of rotatable bonds is 3. The van der Waals surface area contributed by atoms with Crippen molar-refractivity contribution in [3.8, 4) is 10.4 Å². The second kappa shape index (κ2) is 5.98. The summed E-state index contributed by atoms with van der Waals surface area (Å²) in [7, 11) is 0. The Morgan fingerprint density at radius 2 is 1.95 bits per heavy atom. The summed E-state index contributed by atoms with van der Waals surface area (Å²) in [5.41, 5.74) is 1.06. The molecule has 100 valence electrons. The van der Waals surface area contributed by atoms with E-state index in [1.807, 2.05) is 18.5 Å². The Morgan fingerprint density at radius 1 is 1.21 bits per heavy atom. The van der Waals surface area contributed by atoms with Gasteiger partial charge in [0.05, 0.1) is 3.79 Å². The topological polar surface area (TPSA) is 49.8 Å². The van der Waals surface area contributed by atoms with Crippen LogP contribution in [0.3, 0.4) is 0 Å². The summed E-state index contributed by atoms with van der Waals surface area (Å²) < 4.78 is 1.12. The number of nitrogens with one attached hydrogen (secondary N) is 2. The minimum absolute atomic E-state index is 0.489. The summed E-state index contributed by atoms with van der Waals surface area (Å²) in [5.74, 6) is 0.728. The van der Waals surface area contributed by atoms with Crippen molar-refractivity contribution >= 4 is 33.2 Å². The number of thiophene rings is 1. The molecule has 0 bridgehead atoms. The van der Waals surface area contributed by atoms with Gasteiger partial charge in [0.25, 0.3) is 0 Å². The molecule has 0 amide bonds. The van der Waals surface area contributed by atoms with Crippen LogP contribution in [0, 0.1) is 0 Å². The maximum absolute atomic E-state index is 4.41. The molecular formula is C13H15BrN4S. The minimum Gasteiger partial charge on any atom is -0.351 e. The van der Waals surface area contributed by atoms with Crippen LogP contribution in [0.5, 0.6) is 0 Å². The molecule has 19 heavy (non-hydrogen) atoms. The predicted molar refractivity (Wildman–Crippen MR) is 82.6 cm³/mol. The van der Waals surface area contributed by atoms with E-state index in [-0.39, 0.29) is 0 Å². The molecule has 3 heterocycles. The fourth-order valence-electron chi connectivity index (χ4n) is 2.15. The molecule has 4 nitrogen and oxygen atoms in total. The second-order valence-electron chi connectivity index (χ2n) is 4.57. The molecule has 0 radical (unpaired) electrons. The van der Waals surface area contributed by atoms with Crippen LogP contribution in [0.2, 0.25) is 0 Å². The Kier molecular flexibility index (Phi) is 4.10. The smallest absolute Gasteiger partial charge is 0.222 e. The van der Waals surface area contributed by atoms with Crippen molar-refractivity contribution in [2.24, 2.45) is 0 Å². The molecule has 0 unspecified atom stereocenters. The highest BCUT2D eigenvalue weighted by Crippen LogP contribution is 2.30. The van der Waals surface area contributed by atoms with Gasteiger partial charge in [-0.05, 0) is 54.0 Å². The first kappa shape index (κ1) is 13.0. The van der Waals surface area contributed by atoms with E-state index in [0.29, 0.717) is 6.04 Å². The summed E-state index contributed by atoms with van der Waals surface area (Å²) in [5, 5.41) is 6.75. The number of piperidine rings is 1. The van der Waals surface area contributed by atoms with E-state index < -0.39 is 0 Å². The van der Waals surface area contributed by atoms with Crippen molar-refractivity contribution in [2.45, 2.75) is 18.9 Å². The van der Waals surface area contributed by atoms with E-state index in [0.717, 1.165) is 41.2 Å². The number of nitrogens with zero attached hydrogens (tertiary/aromatic N) is 2. The van der Waals surface area contributed by atoms with Gasteiger partial charge in [0, 0.05) is 28.9 Å². The van der Waals surface area contributed by atoms with Gasteiger partial charge in [0.2, 0.25) is 5.95 Å². The van der Waals surface area contributed by atoms with Crippen molar-refractivity contribution in [3.63, 3.8) is 0 Å². The third-order valence-corrected chi connectivity index (χ3v) is 4.85. The number of anilines is 1. The van der Waals surface area contributed by atoms with Gasteiger partial charge in [0.1, 0.15) is 0 Å². The first-order valence-electron chi connectivity index (χ1n) is 6.36. The minimum atomic E-state index is 0.489. The van der Waals surface area contributed by atoms with Crippen LogP contribution < -0.4 is 10.6 Å². The Morgan fingerprint density at radius 3 is 2.58 bits per heavy atom. The van der Waals surface area contributed by atoms with E-state index in [9.17, 15) is 0 Å². The Labute approximate surface area is 124 Å². The van der Waals surface area contributed by atoms with Crippen molar-refractivity contribution < 1.29 is 0 Å². The summed E-state index contributed by atoms with van der Waals surface area (Å²) in [6.07, 6.45) is 6.02. The highest BCUT2D eigenvalue weighted by atomic mass is 79.9. The van der Waals surface area contributed by atoms with Crippen molar-refractivity contribution in [1.29, 1.82) is 0 Å². The lowest BCUT2D eigenvalue weighted by atomic mass is 10.1. The fraction of sp³-hybridized carbons (Fsp3) is 0.385. The first-order valence-corrected chi connectivity index (χ1v) is 7.97. The van der Waals surface area contributed by atoms with E-state index >= 15 is 0 Å². The van der Waals surface area contributed by atoms with Crippen LogP contribution in [0.4, 0.5) is 5.95 Å². The summed E-state index contributed by atoms with van der Waals surface area (Å²) in [6.45, 7) is 2.14. The summed E-state index contributed by atoms with van der Waals surface area (Å²) in [4.78, 5) is 10.00. The van der Waals surface area contributed by atoms with Crippen molar-refractivity contribution in [3.05, 3.63) is 28.3 Å². The van der Waals surface area contributed by atoms with Gasteiger partial charge >= 0.3 is 0 Å². The van der Waals surface area contributed by atoms with E-state index in [4.69, 9.17) is 0 Å². The molecule has 1 aliphatic rings. The maximum atomic E-state index is 4.41. The van der Waals surface area contributed by atoms with Crippen LogP contribution in [0.15, 0.2) is 28.3 Å². The van der Waals surface area contributed by atoms with Crippen molar-refractivity contribution in [2.75, 3.05) is 18.4 Å². The van der Waals surface area contributed by atoms with Gasteiger partial charge in [0.15, 0.2) is 0 Å². The molecule has 0 spiro atoms. The molecule has 3 rings (SSSR count). The molecule has 0 atom stereocenters. The van der Waals surface area contributed by atoms with Crippen LogP contribution in [-0.2, 0) is 0 Å². The van der Waals surface area contributed by atoms with E-state index in [2.05, 4.69) is 42.6 Å². The zero-order valence-electron chi connectivity index (χ0n) is 10.4. The Balaban J connectivity index is 1.68. The molecule has 0 saturated carbocycles. The monoisotopic (exact) mass is 338 g/mol. The molecule has 0 aromatic carbocycles. The maximum Gasteiger partial charge on any atom is 0.222 e. The van der Waals surface area contributed by atoms with Crippen LogP contribution in [-0.4, -0.2) is 29.1 Å². The Bertz CT molecular complexity index is 534. The zero-order valence-corrected chi connectivity index (χ0v) is 12.8. The average Bonchev–Trinajstić information content (AvgIpc) is 2.87. The molecule has 2 aromatic rings. The van der Waals surface area contributed by atoms with Crippen LogP contribution >= 0.6 is 27.3 Å². The predicted octanol–water partition coefficient (Wildman–Crippen LogP) is 3.13. The van der Waals surface area contributed by atoms with Crippen LogP contribution in [0.25, 0.3) is 10.4 Å². The van der Waals surface area contributed by atoms with Gasteiger partial charge in [-0.3, -0.25) is 0 Å². The van der Waals surface area contributed by atoms with E-state index in [1.54, 1.807) is 11.3 Å².